The van der Waals surface area contributed by atoms with Crippen LogP contribution in [0.5, 0.6) is 0 Å². The smallest absolute Gasteiger partial charge is 0.298 e. The molecule has 0 saturated heterocycles. The zero-order valence-electron chi connectivity index (χ0n) is 18.5. The topological polar surface area (TPSA) is 42.3 Å². The van der Waals surface area contributed by atoms with Crippen molar-refractivity contribution >= 4 is 43.5 Å². The second-order valence-corrected chi connectivity index (χ2v) is 11.2. The van der Waals surface area contributed by atoms with Gasteiger partial charge in [-0.25, -0.2) is 12.4 Å². The SMILES string of the molecule is Cc1c(SC(C)N(C)C)c2cc(C(F)(F)F)ccc2n1S(=O)(=O)c1cccc2ccccc12. The molecule has 0 aliphatic heterocycles. The average molecular weight is 493 g/mol. The Balaban J connectivity index is 2.04. The first-order valence-corrected chi connectivity index (χ1v) is 12.5. The van der Waals surface area contributed by atoms with Crippen LogP contribution in [0.3, 0.4) is 0 Å². The van der Waals surface area contributed by atoms with Crippen molar-refractivity contribution in [3.05, 3.63) is 71.9 Å². The van der Waals surface area contributed by atoms with E-state index < -0.39 is 21.8 Å². The van der Waals surface area contributed by atoms with E-state index in [1.807, 2.05) is 44.1 Å². The summed E-state index contributed by atoms with van der Waals surface area (Å²) in [5.41, 5.74) is -0.202. The fraction of sp³-hybridized carbons (Fsp3) is 0.250. The number of fused-ring (bicyclic) bond motifs is 2. The number of hydrogen-bond donors (Lipinski definition) is 0. The van der Waals surface area contributed by atoms with Gasteiger partial charge < -0.3 is 0 Å². The molecule has 4 nitrogen and oxygen atoms in total. The molecule has 0 spiro atoms. The van der Waals surface area contributed by atoms with Gasteiger partial charge in [-0.2, -0.15) is 13.2 Å². The molecular formula is C24H23F3N2O2S2. The molecule has 0 radical (unpaired) electrons. The number of benzene rings is 3. The summed E-state index contributed by atoms with van der Waals surface area (Å²) in [4.78, 5) is 2.54. The molecule has 33 heavy (non-hydrogen) atoms. The largest absolute Gasteiger partial charge is 0.416 e. The van der Waals surface area contributed by atoms with E-state index in [-0.39, 0.29) is 21.2 Å². The van der Waals surface area contributed by atoms with Gasteiger partial charge in [-0.15, -0.1) is 11.8 Å². The summed E-state index contributed by atoms with van der Waals surface area (Å²) >= 11 is 1.34. The summed E-state index contributed by atoms with van der Waals surface area (Å²) in [6, 6.07) is 15.4. The van der Waals surface area contributed by atoms with Gasteiger partial charge in [0.2, 0.25) is 0 Å². The van der Waals surface area contributed by atoms with E-state index in [0.29, 0.717) is 16.0 Å². The fourth-order valence-corrected chi connectivity index (χ4v) is 6.74. The van der Waals surface area contributed by atoms with Crippen LogP contribution in [0.15, 0.2) is 70.5 Å². The molecule has 9 heteroatoms. The molecule has 0 N–H and O–H groups in total. The molecule has 0 amide bonds. The first kappa shape index (κ1) is 23.7. The molecule has 3 aromatic carbocycles. The number of alkyl halides is 3. The molecular weight excluding hydrogens is 469 g/mol. The highest BCUT2D eigenvalue weighted by molar-refractivity contribution is 8.00. The van der Waals surface area contributed by atoms with Crippen LogP contribution in [0.2, 0.25) is 0 Å². The Morgan fingerprint density at radius 2 is 1.64 bits per heavy atom. The van der Waals surface area contributed by atoms with Crippen LogP contribution < -0.4 is 0 Å². The third-order valence-corrected chi connectivity index (χ3v) is 9.08. The average Bonchev–Trinajstić information content (AvgIpc) is 3.03. The van der Waals surface area contributed by atoms with Crippen molar-refractivity contribution in [2.75, 3.05) is 14.1 Å². The maximum Gasteiger partial charge on any atom is 0.416 e. The van der Waals surface area contributed by atoms with Crippen LogP contribution >= 0.6 is 11.8 Å². The molecule has 1 atom stereocenters. The van der Waals surface area contributed by atoms with Gasteiger partial charge in [0.1, 0.15) is 0 Å². The van der Waals surface area contributed by atoms with Crippen LogP contribution in [0.4, 0.5) is 13.2 Å². The van der Waals surface area contributed by atoms with Crippen molar-refractivity contribution in [3.8, 4) is 0 Å². The first-order valence-electron chi connectivity index (χ1n) is 10.2. The van der Waals surface area contributed by atoms with Gasteiger partial charge in [0.25, 0.3) is 10.0 Å². The Morgan fingerprint density at radius 3 is 2.30 bits per heavy atom. The van der Waals surface area contributed by atoms with E-state index in [9.17, 15) is 21.6 Å². The van der Waals surface area contributed by atoms with Crippen LogP contribution in [0.25, 0.3) is 21.7 Å². The summed E-state index contributed by atoms with van der Waals surface area (Å²) in [6.45, 7) is 3.56. The van der Waals surface area contributed by atoms with Crippen LogP contribution in [0, 0.1) is 6.92 Å². The number of halogens is 3. The van der Waals surface area contributed by atoms with E-state index >= 15 is 0 Å². The Hall–Kier alpha value is -2.49. The first-order chi connectivity index (χ1) is 15.4. The Morgan fingerprint density at radius 1 is 0.970 bits per heavy atom. The fourth-order valence-electron chi connectivity index (χ4n) is 3.79. The predicted molar refractivity (Wildman–Crippen MR) is 127 cm³/mol. The van der Waals surface area contributed by atoms with Crippen LogP contribution in [-0.4, -0.2) is 36.8 Å². The molecule has 0 saturated carbocycles. The standard InChI is InChI=1S/C24H23F3N2O2S2/c1-15-23(32-16(2)28(3)4)20-14-18(24(25,26)27)12-13-21(20)29(15)33(30,31)22-11-7-9-17-8-5-6-10-19(17)22/h5-14,16H,1-4H3. The van der Waals surface area contributed by atoms with E-state index in [4.69, 9.17) is 0 Å². The Kier molecular flexibility index (Phi) is 6.01. The minimum Gasteiger partial charge on any atom is -0.298 e. The number of aromatic nitrogens is 1. The molecule has 4 rings (SSSR count). The lowest BCUT2D eigenvalue weighted by molar-refractivity contribution is -0.137. The zero-order chi connectivity index (χ0) is 24.1. The monoisotopic (exact) mass is 492 g/mol. The molecule has 1 heterocycles. The van der Waals surface area contributed by atoms with E-state index in [1.165, 1.54) is 27.9 Å². The van der Waals surface area contributed by atoms with Crippen LogP contribution in [-0.2, 0) is 16.2 Å². The lowest BCUT2D eigenvalue weighted by Crippen LogP contribution is -2.21. The van der Waals surface area contributed by atoms with Crippen molar-refractivity contribution in [2.45, 2.75) is 35.2 Å². The Labute approximate surface area is 195 Å². The van der Waals surface area contributed by atoms with Gasteiger partial charge in [0.05, 0.1) is 21.3 Å². The van der Waals surface area contributed by atoms with E-state index in [0.717, 1.165) is 17.5 Å². The Bertz CT molecular complexity index is 1450. The lowest BCUT2D eigenvalue weighted by Gasteiger charge is -2.19. The number of thioether (sulfide) groups is 1. The molecule has 1 aromatic heterocycles. The van der Waals surface area contributed by atoms with Gasteiger partial charge in [-0.1, -0.05) is 36.4 Å². The van der Waals surface area contributed by atoms with Crippen molar-refractivity contribution in [3.63, 3.8) is 0 Å². The molecule has 174 valence electrons. The van der Waals surface area contributed by atoms with Crippen molar-refractivity contribution in [1.82, 2.24) is 8.87 Å². The molecule has 0 fully saturated rings. The summed E-state index contributed by atoms with van der Waals surface area (Å²) < 4.78 is 69.4. The van der Waals surface area contributed by atoms with E-state index in [2.05, 4.69) is 0 Å². The highest BCUT2D eigenvalue weighted by Gasteiger charge is 2.33. The van der Waals surface area contributed by atoms with Crippen molar-refractivity contribution in [2.24, 2.45) is 0 Å². The summed E-state index contributed by atoms with van der Waals surface area (Å²) in [6.07, 6.45) is -4.53. The molecule has 0 aliphatic carbocycles. The molecule has 0 aliphatic rings. The van der Waals surface area contributed by atoms with Gasteiger partial charge in [-0.3, -0.25) is 4.90 Å². The van der Waals surface area contributed by atoms with Gasteiger partial charge in [0, 0.05) is 21.4 Å². The predicted octanol–water partition coefficient (Wildman–Crippen LogP) is 6.36. The molecule has 0 bridgehead atoms. The second kappa shape index (κ2) is 8.38. The van der Waals surface area contributed by atoms with Crippen LogP contribution in [0.1, 0.15) is 18.2 Å². The zero-order valence-corrected chi connectivity index (χ0v) is 20.1. The summed E-state index contributed by atoms with van der Waals surface area (Å²) in [5.74, 6) is 0. The summed E-state index contributed by atoms with van der Waals surface area (Å²) in [7, 11) is -0.375. The van der Waals surface area contributed by atoms with Crippen molar-refractivity contribution < 1.29 is 21.6 Å². The highest BCUT2D eigenvalue weighted by Crippen LogP contribution is 2.41. The highest BCUT2D eigenvalue weighted by atomic mass is 32.2. The van der Waals surface area contributed by atoms with Gasteiger partial charge in [0.15, 0.2) is 0 Å². The third-order valence-electron chi connectivity index (χ3n) is 5.70. The molecule has 1 unspecified atom stereocenters. The summed E-state index contributed by atoms with van der Waals surface area (Å²) in [5, 5.41) is 1.51. The minimum atomic E-state index is -4.53. The second-order valence-electron chi connectivity index (χ2n) is 8.07. The maximum absolute atomic E-state index is 13.9. The van der Waals surface area contributed by atoms with Gasteiger partial charge >= 0.3 is 6.18 Å². The number of rotatable bonds is 5. The molecule has 4 aromatic rings. The maximum atomic E-state index is 13.9. The number of nitrogens with zero attached hydrogens (tertiary/aromatic N) is 2. The normalized spacial score (nSPS) is 13.8. The van der Waals surface area contributed by atoms with Crippen molar-refractivity contribution in [1.29, 1.82) is 0 Å². The van der Waals surface area contributed by atoms with Gasteiger partial charge in [-0.05, 0) is 57.6 Å². The third kappa shape index (κ3) is 4.13. The van der Waals surface area contributed by atoms with E-state index in [1.54, 1.807) is 25.1 Å². The lowest BCUT2D eigenvalue weighted by atomic mass is 10.1. The number of hydrogen-bond acceptors (Lipinski definition) is 4. The quantitative estimate of drug-likeness (QED) is 0.240. The minimum absolute atomic E-state index is 0.0856.